The van der Waals surface area contributed by atoms with E-state index in [9.17, 15) is 4.79 Å². The molecule has 6 nitrogen and oxygen atoms in total. The zero-order valence-corrected chi connectivity index (χ0v) is 12.2. The minimum atomic E-state index is -0.306. The normalized spacial score (nSPS) is 19.0. The number of rotatable bonds is 4. The van der Waals surface area contributed by atoms with E-state index in [1.54, 1.807) is 12.4 Å². The van der Waals surface area contributed by atoms with Crippen LogP contribution in [0, 0.1) is 0 Å². The average molecular weight is 278 g/mol. The number of hydrogen-bond donors (Lipinski definition) is 2. The van der Waals surface area contributed by atoms with Gasteiger partial charge in [0.2, 0.25) is 5.91 Å². The summed E-state index contributed by atoms with van der Waals surface area (Å²) in [5, 5.41) is 6.01. The fourth-order valence-corrected chi connectivity index (χ4v) is 2.23. The molecule has 0 spiro atoms. The number of nitrogens with zero attached hydrogens (tertiary/aromatic N) is 2. The van der Waals surface area contributed by atoms with E-state index in [0.717, 1.165) is 11.4 Å². The van der Waals surface area contributed by atoms with Crippen LogP contribution < -0.4 is 15.5 Å². The highest BCUT2D eigenvalue weighted by Gasteiger charge is 2.30. The van der Waals surface area contributed by atoms with Crippen molar-refractivity contribution in [1.82, 2.24) is 10.3 Å². The Morgan fingerprint density at radius 3 is 3.00 bits per heavy atom. The maximum absolute atomic E-state index is 12.3. The Bertz CT molecular complexity index is 464. The van der Waals surface area contributed by atoms with Crippen LogP contribution in [0.3, 0.4) is 0 Å². The van der Waals surface area contributed by atoms with Crippen LogP contribution in [0.25, 0.3) is 0 Å². The van der Waals surface area contributed by atoms with E-state index in [1.165, 1.54) is 0 Å². The molecule has 2 N–H and O–H groups in total. The van der Waals surface area contributed by atoms with Crippen LogP contribution in [-0.2, 0) is 9.53 Å². The highest BCUT2D eigenvalue weighted by atomic mass is 16.5. The van der Waals surface area contributed by atoms with Crippen molar-refractivity contribution in [3.05, 3.63) is 18.5 Å². The molecule has 1 saturated heterocycles. The largest absolute Gasteiger partial charge is 0.387 e. The van der Waals surface area contributed by atoms with Crippen LogP contribution in [0.1, 0.15) is 13.8 Å². The van der Waals surface area contributed by atoms with Gasteiger partial charge in [0, 0.05) is 19.6 Å². The molecule has 110 valence electrons. The van der Waals surface area contributed by atoms with E-state index in [4.69, 9.17) is 4.74 Å². The quantitative estimate of drug-likeness (QED) is 0.855. The minimum absolute atomic E-state index is 0.00504. The maximum Gasteiger partial charge on any atom is 0.245 e. The molecule has 1 aliphatic heterocycles. The lowest BCUT2D eigenvalue weighted by Crippen LogP contribution is -2.55. The van der Waals surface area contributed by atoms with Gasteiger partial charge in [0.1, 0.15) is 6.04 Å². The second-order valence-corrected chi connectivity index (χ2v) is 5.13. The lowest BCUT2D eigenvalue weighted by Gasteiger charge is -2.36. The van der Waals surface area contributed by atoms with Crippen molar-refractivity contribution in [2.24, 2.45) is 0 Å². The first kappa shape index (κ1) is 14.6. The van der Waals surface area contributed by atoms with Crippen molar-refractivity contribution in [2.75, 3.05) is 37.0 Å². The van der Waals surface area contributed by atoms with Crippen molar-refractivity contribution in [1.29, 1.82) is 0 Å². The van der Waals surface area contributed by atoms with Gasteiger partial charge in [0.15, 0.2) is 0 Å². The van der Waals surface area contributed by atoms with E-state index in [1.807, 2.05) is 27.0 Å². The SMILES string of the molecule is CNc1cncc(N2CCOCC2C(=O)NC(C)C)c1. The summed E-state index contributed by atoms with van der Waals surface area (Å²) in [6.45, 7) is 5.62. The molecule has 1 aromatic rings. The number of aromatic nitrogens is 1. The summed E-state index contributed by atoms with van der Waals surface area (Å²) >= 11 is 0. The predicted octanol–water partition coefficient (Wildman–Crippen LogP) is 0.853. The minimum Gasteiger partial charge on any atom is -0.387 e. The van der Waals surface area contributed by atoms with Gasteiger partial charge >= 0.3 is 0 Å². The highest BCUT2D eigenvalue weighted by molar-refractivity contribution is 5.86. The first-order valence-corrected chi connectivity index (χ1v) is 6.89. The standard InChI is InChI=1S/C14H22N4O2/c1-10(2)17-14(19)13-9-20-5-4-18(13)12-6-11(15-3)7-16-8-12/h6-8,10,13,15H,4-5,9H2,1-3H3,(H,17,19). The zero-order valence-electron chi connectivity index (χ0n) is 12.2. The number of amides is 1. The number of carbonyl (C=O) groups is 1. The molecule has 0 bridgehead atoms. The molecule has 20 heavy (non-hydrogen) atoms. The molecular formula is C14H22N4O2. The molecule has 1 atom stereocenters. The molecule has 2 rings (SSSR count). The first-order chi connectivity index (χ1) is 9.61. The van der Waals surface area contributed by atoms with Crippen LogP contribution in [0.5, 0.6) is 0 Å². The summed E-state index contributed by atoms with van der Waals surface area (Å²) in [5.74, 6) is -0.00504. The Morgan fingerprint density at radius 1 is 1.50 bits per heavy atom. The van der Waals surface area contributed by atoms with Crippen molar-refractivity contribution < 1.29 is 9.53 Å². The molecular weight excluding hydrogens is 256 g/mol. The van der Waals surface area contributed by atoms with Gasteiger partial charge in [0.05, 0.1) is 37.0 Å². The third kappa shape index (κ3) is 3.39. The van der Waals surface area contributed by atoms with Crippen LogP contribution in [0.2, 0.25) is 0 Å². The van der Waals surface area contributed by atoms with Gasteiger partial charge < -0.3 is 20.3 Å². The van der Waals surface area contributed by atoms with Crippen LogP contribution in [0.15, 0.2) is 18.5 Å². The van der Waals surface area contributed by atoms with E-state index < -0.39 is 0 Å². The first-order valence-electron chi connectivity index (χ1n) is 6.89. The Hall–Kier alpha value is -1.82. The van der Waals surface area contributed by atoms with E-state index in [2.05, 4.69) is 20.5 Å². The van der Waals surface area contributed by atoms with Crippen LogP contribution >= 0.6 is 0 Å². The van der Waals surface area contributed by atoms with E-state index in [0.29, 0.717) is 19.8 Å². The second kappa shape index (κ2) is 6.56. The van der Waals surface area contributed by atoms with Crippen LogP contribution in [-0.4, -0.2) is 49.8 Å². The third-order valence-corrected chi connectivity index (χ3v) is 3.21. The Labute approximate surface area is 119 Å². The fraction of sp³-hybridized carbons (Fsp3) is 0.571. The van der Waals surface area contributed by atoms with Gasteiger partial charge in [-0.25, -0.2) is 0 Å². The molecule has 0 aliphatic carbocycles. The lowest BCUT2D eigenvalue weighted by atomic mass is 10.1. The monoisotopic (exact) mass is 278 g/mol. The molecule has 6 heteroatoms. The number of hydrogen-bond acceptors (Lipinski definition) is 5. The second-order valence-electron chi connectivity index (χ2n) is 5.13. The predicted molar refractivity (Wildman–Crippen MR) is 79.0 cm³/mol. The maximum atomic E-state index is 12.3. The summed E-state index contributed by atoms with van der Waals surface area (Å²) < 4.78 is 5.45. The Morgan fingerprint density at radius 2 is 2.30 bits per heavy atom. The van der Waals surface area contributed by atoms with E-state index in [-0.39, 0.29) is 18.0 Å². The molecule has 0 saturated carbocycles. The van der Waals surface area contributed by atoms with Gasteiger partial charge in [-0.1, -0.05) is 0 Å². The van der Waals surface area contributed by atoms with Gasteiger partial charge in [0.25, 0.3) is 0 Å². The molecule has 1 unspecified atom stereocenters. The molecule has 0 aromatic carbocycles. The number of morpholine rings is 1. The third-order valence-electron chi connectivity index (χ3n) is 3.21. The molecule has 1 aliphatic rings. The van der Waals surface area contributed by atoms with Gasteiger partial charge in [-0.2, -0.15) is 0 Å². The summed E-state index contributed by atoms with van der Waals surface area (Å²) in [4.78, 5) is 18.5. The number of nitrogens with one attached hydrogen (secondary N) is 2. The van der Waals surface area contributed by atoms with Crippen molar-refractivity contribution in [3.8, 4) is 0 Å². The molecule has 0 radical (unpaired) electrons. The van der Waals surface area contributed by atoms with Gasteiger partial charge in [-0.15, -0.1) is 0 Å². The average Bonchev–Trinajstić information content (AvgIpc) is 2.46. The smallest absolute Gasteiger partial charge is 0.245 e. The summed E-state index contributed by atoms with van der Waals surface area (Å²) in [7, 11) is 1.85. The number of carbonyl (C=O) groups excluding carboxylic acids is 1. The summed E-state index contributed by atoms with van der Waals surface area (Å²) in [6, 6.07) is 1.81. The molecule has 1 aromatic heterocycles. The van der Waals surface area contributed by atoms with Crippen molar-refractivity contribution >= 4 is 17.3 Å². The number of pyridine rings is 1. The number of anilines is 2. The fourth-order valence-electron chi connectivity index (χ4n) is 2.23. The van der Waals surface area contributed by atoms with E-state index >= 15 is 0 Å². The summed E-state index contributed by atoms with van der Waals surface area (Å²) in [5.41, 5.74) is 1.86. The lowest BCUT2D eigenvalue weighted by molar-refractivity contribution is -0.125. The molecule has 1 fully saturated rings. The molecule has 1 amide bonds. The molecule has 2 heterocycles. The van der Waals surface area contributed by atoms with Crippen molar-refractivity contribution in [2.45, 2.75) is 25.9 Å². The topological polar surface area (TPSA) is 66.5 Å². The van der Waals surface area contributed by atoms with Crippen LogP contribution in [0.4, 0.5) is 11.4 Å². The zero-order chi connectivity index (χ0) is 14.5. The highest BCUT2D eigenvalue weighted by Crippen LogP contribution is 2.22. The van der Waals surface area contributed by atoms with Crippen molar-refractivity contribution in [3.63, 3.8) is 0 Å². The Kier molecular flexibility index (Phi) is 4.79. The van der Waals surface area contributed by atoms with Gasteiger partial charge in [-0.05, 0) is 19.9 Å². The number of ether oxygens (including phenoxy) is 1. The Balaban J connectivity index is 2.19. The summed E-state index contributed by atoms with van der Waals surface area (Å²) in [6.07, 6.45) is 3.54. The van der Waals surface area contributed by atoms with Gasteiger partial charge in [-0.3, -0.25) is 9.78 Å².